The van der Waals surface area contributed by atoms with Gasteiger partial charge < -0.3 is 14.4 Å². The maximum atomic E-state index is 12.5. The van der Waals surface area contributed by atoms with Crippen LogP contribution in [0.5, 0.6) is 0 Å². The zero-order valence-corrected chi connectivity index (χ0v) is 14.7. The molecule has 0 unspecified atom stereocenters. The van der Waals surface area contributed by atoms with E-state index in [2.05, 4.69) is 10.00 Å². The van der Waals surface area contributed by atoms with E-state index >= 15 is 0 Å². The Morgan fingerprint density at radius 1 is 1.20 bits per heavy atom. The second-order valence-corrected chi connectivity index (χ2v) is 6.48. The van der Waals surface area contributed by atoms with Crippen molar-refractivity contribution in [3.63, 3.8) is 0 Å². The average Bonchev–Trinajstić information content (AvgIpc) is 3.16. The van der Waals surface area contributed by atoms with Gasteiger partial charge in [-0.3, -0.25) is 14.4 Å². The van der Waals surface area contributed by atoms with Crippen LogP contribution < -0.4 is 0 Å². The molecule has 1 amide bonds. The fourth-order valence-electron chi connectivity index (χ4n) is 3.23. The molecule has 3 heterocycles. The van der Waals surface area contributed by atoms with Crippen molar-refractivity contribution in [2.24, 2.45) is 7.05 Å². The van der Waals surface area contributed by atoms with Gasteiger partial charge in [0.05, 0.1) is 6.54 Å². The maximum absolute atomic E-state index is 12.5. The van der Waals surface area contributed by atoms with Gasteiger partial charge in [0.2, 0.25) is 5.91 Å². The number of carbonyl (C=O) groups excluding carboxylic acids is 1. The highest BCUT2D eigenvalue weighted by molar-refractivity contribution is 5.76. The van der Waals surface area contributed by atoms with Crippen LogP contribution in [0, 0.1) is 0 Å². The van der Waals surface area contributed by atoms with E-state index in [0.717, 1.165) is 57.0 Å². The lowest BCUT2D eigenvalue weighted by molar-refractivity contribution is -0.131. The smallest absolute Gasteiger partial charge is 0.223 e. The zero-order valence-electron chi connectivity index (χ0n) is 14.7. The number of aryl methyl sites for hydroxylation is 2. The highest BCUT2D eigenvalue weighted by Crippen LogP contribution is 2.13. The summed E-state index contributed by atoms with van der Waals surface area (Å²) in [4.78, 5) is 16.8. The van der Waals surface area contributed by atoms with Gasteiger partial charge in [-0.2, -0.15) is 5.10 Å². The third-order valence-corrected chi connectivity index (χ3v) is 4.71. The molecule has 1 aliphatic rings. The molecule has 0 saturated carbocycles. The van der Waals surface area contributed by atoms with Gasteiger partial charge in [-0.25, -0.2) is 0 Å². The third-order valence-electron chi connectivity index (χ3n) is 4.71. The van der Waals surface area contributed by atoms with Gasteiger partial charge in [-0.15, -0.1) is 0 Å². The Hall–Kier alpha value is -2.12. The highest BCUT2D eigenvalue weighted by atomic mass is 16.4. The molecule has 0 radical (unpaired) electrons. The van der Waals surface area contributed by atoms with Crippen molar-refractivity contribution in [1.29, 1.82) is 0 Å². The Balaban J connectivity index is 1.47. The number of furan rings is 1. The lowest BCUT2D eigenvalue weighted by Gasteiger charge is -2.21. The van der Waals surface area contributed by atoms with Gasteiger partial charge >= 0.3 is 0 Å². The molecule has 0 atom stereocenters. The fourth-order valence-corrected chi connectivity index (χ4v) is 3.23. The molecular weight excluding hydrogens is 320 g/mol. The Bertz CT molecular complexity index is 694. The van der Waals surface area contributed by atoms with Crippen LogP contribution in [0.2, 0.25) is 0 Å². The Kier molecular flexibility index (Phi) is 5.88. The summed E-state index contributed by atoms with van der Waals surface area (Å²) in [5, 5.41) is 13.2. The summed E-state index contributed by atoms with van der Waals surface area (Å²) in [5.74, 6) is 1.67. The van der Waals surface area contributed by atoms with Crippen LogP contribution in [0.15, 0.2) is 28.8 Å². The summed E-state index contributed by atoms with van der Waals surface area (Å²) in [5.41, 5.74) is 1.09. The molecule has 1 N–H and O–H groups in total. The number of amides is 1. The second-order valence-electron chi connectivity index (χ2n) is 6.48. The van der Waals surface area contributed by atoms with E-state index in [-0.39, 0.29) is 12.5 Å². The number of hydrogen-bond acceptors (Lipinski definition) is 5. The summed E-state index contributed by atoms with van der Waals surface area (Å²) in [7, 11) is 1.90. The van der Waals surface area contributed by atoms with Crippen LogP contribution in [0.3, 0.4) is 0 Å². The molecule has 1 aliphatic heterocycles. The molecule has 25 heavy (non-hydrogen) atoms. The molecule has 1 saturated heterocycles. The third kappa shape index (κ3) is 4.70. The van der Waals surface area contributed by atoms with E-state index in [1.807, 2.05) is 28.8 Å². The van der Waals surface area contributed by atoms with Crippen molar-refractivity contribution < 1.29 is 14.3 Å². The van der Waals surface area contributed by atoms with Crippen molar-refractivity contribution in [2.45, 2.75) is 32.4 Å². The minimum Gasteiger partial charge on any atom is -0.462 e. The molecule has 0 aromatic carbocycles. The van der Waals surface area contributed by atoms with E-state index in [1.165, 1.54) is 0 Å². The normalized spacial score (nSPS) is 16.2. The first-order valence-electron chi connectivity index (χ1n) is 8.81. The largest absolute Gasteiger partial charge is 0.462 e. The first-order valence-corrected chi connectivity index (χ1v) is 8.81. The van der Waals surface area contributed by atoms with Gasteiger partial charge in [0.15, 0.2) is 0 Å². The number of aliphatic hydroxyl groups excluding tert-OH is 1. The zero-order chi connectivity index (χ0) is 17.6. The van der Waals surface area contributed by atoms with Crippen molar-refractivity contribution in [3.8, 4) is 0 Å². The molecule has 7 heteroatoms. The number of hydrogen-bond donors (Lipinski definition) is 1. The van der Waals surface area contributed by atoms with E-state index < -0.39 is 0 Å². The Labute approximate surface area is 147 Å². The molecule has 0 bridgehead atoms. The SMILES string of the molecule is Cn1nccc1CCC(=O)N1CCCN(Cc2ccc(CO)o2)CC1. The fraction of sp³-hybridized carbons (Fsp3) is 0.556. The molecule has 0 aliphatic carbocycles. The van der Waals surface area contributed by atoms with Crippen LogP contribution in [0.25, 0.3) is 0 Å². The van der Waals surface area contributed by atoms with E-state index in [1.54, 1.807) is 12.3 Å². The first-order chi connectivity index (χ1) is 12.2. The molecule has 2 aromatic heterocycles. The summed E-state index contributed by atoms with van der Waals surface area (Å²) < 4.78 is 7.38. The predicted molar refractivity (Wildman–Crippen MR) is 92.6 cm³/mol. The maximum Gasteiger partial charge on any atom is 0.223 e. The van der Waals surface area contributed by atoms with Crippen LogP contribution >= 0.6 is 0 Å². The van der Waals surface area contributed by atoms with Gasteiger partial charge in [0.25, 0.3) is 0 Å². The lowest BCUT2D eigenvalue weighted by Crippen LogP contribution is -2.35. The quantitative estimate of drug-likeness (QED) is 0.850. The Morgan fingerprint density at radius 3 is 2.76 bits per heavy atom. The molecular formula is C18H26N4O3. The summed E-state index contributed by atoms with van der Waals surface area (Å²) in [6, 6.07) is 5.68. The van der Waals surface area contributed by atoms with Crippen molar-refractivity contribution >= 4 is 5.91 Å². The molecule has 2 aromatic rings. The topological polar surface area (TPSA) is 74.7 Å². The van der Waals surface area contributed by atoms with Crippen molar-refractivity contribution in [3.05, 3.63) is 41.6 Å². The number of aromatic nitrogens is 2. The highest BCUT2D eigenvalue weighted by Gasteiger charge is 2.20. The van der Waals surface area contributed by atoms with Crippen LogP contribution in [-0.2, 0) is 31.4 Å². The van der Waals surface area contributed by atoms with Crippen LogP contribution in [0.4, 0.5) is 0 Å². The summed E-state index contributed by atoms with van der Waals surface area (Å²) in [6.07, 6.45) is 3.98. The van der Waals surface area contributed by atoms with Gasteiger partial charge in [-0.05, 0) is 31.0 Å². The van der Waals surface area contributed by atoms with Gasteiger partial charge in [0, 0.05) is 51.5 Å². The predicted octanol–water partition coefficient (Wildman–Crippen LogP) is 1.17. The first kappa shape index (κ1) is 17.7. The van der Waals surface area contributed by atoms with Crippen LogP contribution in [0.1, 0.15) is 30.1 Å². The standard InChI is InChI=1S/C18H26N4O3/c1-20-15(7-8-19-20)3-6-18(24)22-10-2-9-21(11-12-22)13-16-4-5-17(14-23)25-16/h4-5,7-8,23H,2-3,6,9-14H2,1H3. The minimum atomic E-state index is -0.0705. The number of nitrogens with zero attached hydrogens (tertiary/aromatic N) is 4. The van der Waals surface area contributed by atoms with E-state index in [0.29, 0.717) is 12.2 Å². The Morgan fingerprint density at radius 2 is 2.04 bits per heavy atom. The number of carbonyl (C=O) groups is 1. The molecule has 136 valence electrons. The van der Waals surface area contributed by atoms with Gasteiger partial charge in [0.1, 0.15) is 18.1 Å². The van der Waals surface area contributed by atoms with E-state index in [4.69, 9.17) is 9.52 Å². The summed E-state index contributed by atoms with van der Waals surface area (Å²) in [6.45, 7) is 3.99. The second kappa shape index (κ2) is 8.31. The van der Waals surface area contributed by atoms with E-state index in [9.17, 15) is 4.79 Å². The van der Waals surface area contributed by atoms with Crippen LogP contribution in [-0.4, -0.2) is 56.8 Å². The number of rotatable bonds is 6. The lowest BCUT2D eigenvalue weighted by atomic mass is 10.2. The minimum absolute atomic E-state index is 0.0705. The van der Waals surface area contributed by atoms with Crippen molar-refractivity contribution in [1.82, 2.24) is 19.6 Å². The monoisotopic (exact) mass is 346 g/mol. The average molecular weight is 346 g/mol. The van der Waals surface area contributed by atoms with Gasteiger partial charge in [-0.1, -0.05) is 0 Å². The molecule has 0 spiro atoms. The number of aliphatic hydroxyl groups is 1. The molecule has 1 fully saturated rings. The summed E-state index contributed by atoms with van der Waals surface area (Å²) >= 11 is 0. The molecule has 7 nitrogen and oxygen atoms in total. The molecule has 3 rings (SSSR count). The van der Waals surface area contributed by atoms with Crippen molar-refractivity contribution in [2.75, 3.05) is 26.2 Å².